The molecule has 0 saturated carbocycles. The van der Waals surface area contributed by atoms with Crippen molar-refractivity contribution in [3.05, 3.63) is 83.1 Å². The van der Waals surface area contributed by atoms with E-state index in [-0.39, 0.29) is 18.2 Å². The van der Waals surface area contributed by atoms with Crippen molar-refractivity contribution in [2.24, 2.45) is 0 Å². The van der Waals surface area contributed by atoms with Gasteiger partial charge in [-0.1, -0.05) is 30.4 Å². The Morgan fingerprint density at radius 1 is 0.977 bits per heavy atom. The molecule has 5 rings (SSSR count). The maximum Gasteiger partial charge on any atom is 0.416 e. The third kappa shape index (κ3) is 7.30. The molecule has 2 aliphatic rings. The number of aromatic amines is 1. The minimum Gasteiger partial charge on any atom is -0.378 e. The summed E-state index contributed by atoms with van der Waals surface area (Å²) in [5, 5.41) is 0.948. The number of nitrogens with one attached hydrogen (secondary N) is 1. The Kier molecular flexibility index (Phi) is 9.16. The first kappa shape index (κ1) is 32.1. The molecule has 1 aromatic heterocycles. The van der Waals surface area contributed by atoms with Gasteiger partial charge in [0.2, 0.25) is 0 Å². The summed E-state index contributed by atoms with van der Waals surface area (Å²) in [6, 6.07) is 8.22. The molecule has 3 heterocycles. The van der Waals surface area contributed by atoms with Crippen LogP contribution in [0.15, 0.2) is 60.8 Å². The average Bonchev–Trinajstić information content (AvgIpc) is 3.37. The molecule has 2 aromatic carbocycles. The van der Waals surface area contributed by atoms with E-state index in [0.29, 0.717) is 51.4 Å². The Bertz CT molecular complexity index is 1460. The monoisotopic (exact) mass is 622 g/mol. The van der Waals surface area contributed by atoms with Gasteiger partial charge >= 0.3 is 12.4 Å². The molecule has 0 bridgehead atoms. The SMILES string of the molecule is CC1(C)COCCN1C/C=C/CN1CCN(C(=O)c2cc(C(F)(F)F)cc(C(F)(F)F)c2)[C@H](Cc2c[nH]c3ccccc23)C1. The summed E-state index contributed by atoms with van der Waals surface area (Å²) in [4.78, 5) is 22.8. The molecule has 238 valence electrons. The van der Waals surface area contributed by atoms with Crippen molar-refractivity contribution >= 4 is 16.8 Å². The maximum absolute atomic E-state index is 13.7. The van der Waals surface area contributed by atoms with Crippen LogP contribution in [0.4, 0.5) is 26.3 Å². The number of para-hydroxylation sites is 1. The fourth-order valence-electron chi connectivity index (χ4n) is 5.98. The summed E-state index contributed by atoms with van der Waals surface area (Å²) < 4.78 is 87.0. The summed E-state index contributed by atoms with van der Waals surface area (Å²) in [6.45, 7) is 8.77. The number of ether oxygens (including phenoxy) is 1. The normalized spacial score (nSPS) is 20.5. The molecule has 6 nitrogen and oxygen atoms in total. The fraction of sp³-hybridized carbons (Fsp3) is 0.469. The van der Waals surface area contributed by atoms with E-state index in [1.54, 1.807) is 0 Å². The van der Waals surface area contributed by atoms with Gasteiger partial charge in [-0.25, -0.2) is 0 Å². The van der Waals surface area contributed by atoms with Gasteiger partial charge in [0.05, 0.1) is 24.3 Å². The van der Waals surface area contributed by atoms with Crippen LogP contribution in [-0.2, 0) is 23.5 Å². The minimum absolute atomic E-state index is 0.0442. The van der Waals surface area contributed by atoms with E-state index in [4.69, 9.17) is 4.74 Å². The number of fused-ring (bicyclic) bond motifs is 1. The number of amides is 1. The lowest BCUT2D eigenvalue weighted by atomic mass is 9.98. The van der Waals surface area contributed by atoms with Crippen LogP contribution in [0, 0.1) is 0 Å². The lowest BCUT2D eigenvalue weighted by molar-refractivity contribution is -0.143. The number of alkyl halides is 6. The molecule has 1 atom stereocenters. The van der Waals surface area contributed by atoms with E-state index < -0.39 is 41.0 Å². The van der Waals surface area contributed by atoms with Crippen molar-refractivity contribution in [3.63, 3.8) is 0 Å². The third-order valence-corrected chi connectivity index (χ3v) is 8.47. The number of hydrogen-bond acceptors (Lipinski definition) is 4. The second kappa shape index (κ2) is 12.6. The quantitative estimate of drug-likeness (QED) is 0.251. The van der Waals surface area contributed by atoms with Crippen LogP contribution in [0.2, 0.25) is 0 Å². The third-order valence-electron chi connectivity index (χ3n) is 8.47. The average molecular weight is 623 g/mol. The number of carbonyl (C=O) groups excluding carboxylic acids is 1. The number of nitrogens with zero attached hydrogens (tertiary/aromatic N) is 3. The number of aromatic nitrogens is 1. The molecule has 1 N–H and O–H groups in total. The number of morpholine rings is 1. The topological polar surface area (TPSA) is 51.8 Å². The predicted molar refractivity (Wildman–Crippen MR) is 155 cm³/mol. The zero-order valence-electron chi connectivity index (χ0n) is 24.6. The molecule has 12 heteroatoms. The molecule has 0 spiro atoms. The molecular formula is C32H36F6N4O2. The van der Waals surface area contributed by atoms with E-state index >= 15 is 0 Å². The summed E-state index contributed by atoms with van der Waals surface area (Å²) in [6.07, 6.45) is -3.71. The Labute approximate surface area is 252 Å². The van der Waals surface area contributed by atoms with Crippen LogP contribution in [0.3, 0.4) is 0 Å². The summed E-state index contributed by atoms with van der Waals surface area (Å²) >= 11 is 0. The number of H-pyrrole nitrogens is 1. The van der Waals surface area contributed by atoms with Crippen LogP contribution >= 0.6 is 0 Å². The molecule has 0 unspecified atom stereocenters. The second-order valence-corrected chi connectivity index (χ2v) is 12.1. The highest BCUT2D eigenvalue weighted by molar-refractivity contribution is 5.95. The van der Waals surface area contributed by atoms with Crippen molar-refractivity contribution in [1.29, 1.82) is 0 Å². The lowest BCUT2D eigenvalue weighted by Gasteiger charge is -2.42. The first-order chi connectivity index (χ1) is 20.7. The van der Waals surface area contributed by atoms with Gasteiger partial charge in [0, 0.05) is 73.5 Å². The number of piperazine rings is 1. The number of halogens is 6. The molecule has 1 amide bonds. The molecule has 3 aromatic rings. The van der Waals surface area contributed by atoms with Crippen LogP contribution < -0.4 is 0 Å². The molecule has 2 aliphatic heterocycles. The number of hydrogen-bond donors (Lipinski definition) is 1. The van der Waals surface area contributed by atoms with Crippen LogP contribution in [0.5, 0.6) is 0 Å². The van der Waals surface area contributed by atoms with Gasteiger partial charge in [-0.3, -0.25) is 14.6 Å². The highest BCUT2D eigenvalue weighted by atomic mass is 19.4. The van der Waals surface area contributed by atoms with E-state index in [0.717, 1.165) is 29.6 Å². The fourth-order valence-corrected chi connectivity index (χ4v) is 5.98. The van der Waals surface area contributed by atoms with Crippen LogP contribution in [0.1, 0.15) is 40.9 Å². The lowest BCUT2D eigenvalue weighted by Crippen LogP contribution is -2.56. The molecule has 0 radical (unpaired) electrons. The van der Waals surface area contributed by atoms with E-state index in [1.165, 1.54) is 4.90 Å². The van der Waals surface area contributed by atoms with Gasteiger partial charge in [0.25, 0.3) is 5.91 Å². The number of rotatable bonds is 7. The highest BCUT2D eigenvalue weighted by Gasteiger charge is 2.39. The van der Waals surface area contributed by atoms with Gasteiger partial charge in [-0.05, 0) is 50.1 Å². The van der Waals surface area contributed by atoms with E-state index in [9.17, 15) is 31.1 Å². The van der Waals surface area contributed by atoms with Gasteiger partial charge in [-0.15, -0.1) is 0 Å². The van der Waals surface area contributed by atoms with Gasteiger partial charge < -0.3 is 14.6 Å². The minimum atomic E-state index is -5.04. The van der Waals surface area contributed by atoms with E-state index in [1.807, 2.05) is 30.5 Å². The first-order valence-corrected chi connectivity index (χ1v) is 14.6. The zero-order chi connectivity index (χ0) is 31.7. The van der Waals surface area contributed by atoms with Gasteiger partial charge in [0.15, 0.2) is 0 Å². The van der Waals surface area contributed by atoms with Crippen molar-refractivity contribution in [2.75, 3.05) is 52.5 Å². The molecule has 2 saturated heterocycles. The smallest absolute Gasteiger partial charge is 0.378 e. The number of benzene rings is 2. The molecule has 2 fully saturated rings. The molecule has 0 aliphatic carbocycles. The predicted octanol–water partition coefficient (Wildman–Crippen LogP) is 6.24. The van der Waals surface area contributed by atoms with E-state index in [2.05, 4.69) is 40.8 Å². The van der Waals surface area contributed by atoms with Gasteiger partial charge in [-0.2, -0.15) is 26.3 Å². The maximum atomic E-state index is 13.7. The Hall–Kier alpha value is -3.35. The zero-order valence-corrected chi connectivity index (χ0v) is 24.6. The Balaban J connectivity index is 1.38. The van der Waals surface area contributed by atoms with Crippen LogP contribution in [0.25, 0.3) is 10.9 Å². The highest BCUT2D eigenvalue weighted by Crippen LogP contribution is 2.37. The standard InChI is InChI=1S/C32H36F6N4O2/c1-30(2)21-44-14-13-41(30)10-6-5-9-40-11-12-42(26(20-40)17-23-19-39-28-8-4-3-7-27(23)28)29(43)22-15-24(31(33,34)35)18-25(16-22)32(36,37)38/h3-8,15-16,18-19,26,39H,9-14,17,20-21H2,1-2H3/b6-5+/t26-/m1/s1. The summed E-state index contributed by atoms with van der Waals surface area (Å²) in [5.41, 5.74) is -1.90. The second-order valence-electron chi connectivity index (χ2n) is 12.1. The summed E-state index contributed by atoms with van der Waals surface area (Å²) in [5.74, 6) is -0.851. The molecule has 44 heavy (non-hydrogen) atoms. The van der Waals surface area contributed by atoms with Crippen molar-refractivity contribution in [1.82, 2.24) is 19.7 Å². The first-order valence-electron chi connectivity index (χ1n) is 14.6. The Morgan fingerprint density at radius 3 is 2.34 bits per heavy atom. The Morgan fingerprint density at radius 2 is 1.66 bits per heavy atom. The van der Waals surface area contributed by atoms with Crippen molar-refractivity contribution in [2.45, 2.75) is 44.2 Å². The van der Waals surface area contributed by atoms with Crippen molar-refractivity contribution < 1.29 is 35.9 Å². The largest absolute Gasteiger partial charge is 0.416 e. The summed E-state index contributed by atoms with van der Waals surface area (Å²) in [7, 11) is 0. The van der Waals surface area contributed by atoms with Crippen molar-refractivity contribution in [3.8, 4) is 0 Å². The van der Waals surface area contributed by atoms with Crippen LogP contribution in [-0.4, -0.2) is 89.7 Å². The number of carbonyl (C=O) groups is 1. The molecular weight excluding hydrogens is 586 g/mol. The van der Waals surface area contributed by atoms with Gasteiger partial charge in [0.1, 0.15) is 0 Å².